The monoisotopic (exact) mass is 529 g/mol. The number of nitrogens with one attached hydrogen (secondary N) is 2. The molecule has 0 saturated carbocycles. The second-order valence-electron chi connectivity index (χ2n) is 9.42. The zero-order valence-corrected chi connectivity index (χ0v) is 22.6. The number of anilines is 4. The molecule has 4 aromatic rings. The molecule has 196 valence electrons. The summed E-state index contributed by atoms with van der Waals surface area (Å²) in [4.78, 5) is 24.4. The topological polar surface area (TPSA) is 122 Å². The minimum atomic E-state index is -0.158. The number of allylic oxidation sites excluding steroid dienone is 1. The van der Waals surface area contributed by atoms with Crippen LogP contribution in [0.3, 0.4) is 0 Å². The van der Waals surface area contributed by atoms with Gasteiger partial charge in [0.1, 0.15) is 10.7 Å². The van der Waals surface area contributed by atoms with Gasteiger partial charge in [0.05, 0.1) is 0 Å². The van der Waals surface area contributed by atoms with Crippen LogP contribution in [0.1, 0.15) is 37.8 Å². The van der Waals surface area contributed by atoms with Crippen LogP contribution in [0.15, 0.2) is 58.6 Å². The lowest BCUT2D eigenvalue weighted by Gasteiger charge is -2.14. The predicted molar refractivity (Wildman–Crippen MR) is 152 cm³/mol. The van der Waals surface area contributed by atoms with Gasteiger partial charge in [-0.15, -0.1) is 0 Å². The maximum absolute atomic E-state index is 12.3. The first-order valence-electron chi connectivity index (χ1n) is 12.6. The minimum absolute atomic E-state index is 0.158. The average Bonchev–Trinajstić information content (AvgIpc) is 3.67. The summed E-state index contributed by atoms with van der Waals surface area (Å²) in [6.45, 7) is 8.89. The van der Waals surface area contributed by atoms with E-state index in [1.807, 2.05) is 32.0 Å². The van der Waals surface area contributed by atoms with E-state index < -0.39 is 0 Å². The largest absolute Gasteiger partial charge is 0.382 e. The summed E-state index contributed by atoms with van der Waals surface area (Å²) >= 11 is 1.35. The zero-order chi connectivity index (χ0) is 26.6. The molecular formula is C28H31N7O2S. The zero-order valence-electron chi connectivity index (χ0n) is 21.7. The van der Waals surface area contributed by atoms with E-state index in [0.29, 0.717) is 38.8 Å². The summed E-state index contributed by atoms with van der Waals surface area (Å²) in [5, 5.41) is 11.0. The standard InChI is InChI=1S/C28H31N7O2S/c1-4-17(2)26(36)30-21-10-7-18(3)22(15-21)25-33-27(37-34-25)23-24(29)32-28(38-23)31-20-11-8-19(9-12-20)16-35-13-5-6-14-35/h4,7-12,15H,5-6,13-14,16,29H2,1-3H3,(H,30,36)(H,31,32)/b17-4-. The number of thiazole rings is 1. The lowest BCUT2D eigenvalue weighted by Crippen LogP contribution is -2.18. The highest BCUT2D eigenvalue weighted by molar-refractivity contribution is 7.19. The molecule has 1 aliphatic heterocycles. The van der Waals surface area contributed by atoms with Gasteiger partial charge < -0.3 is 20.9 Å². The molecule has 3 heterocycles. The first-order chi connectivity index (χ1) is 18.4. The Morgan fingerprint density at radius 3 is 2.61 bits per heavy atom. The van der Waals surface area contributed by atoms with Gasteiger partial charge in [0.25, 0.3) is 11.8 Å². The minimum Gasteiger partial charge on any atom is -0.382 e. The van der Waals surface area contributed by atoms with Gasteiger partial charge in [-0.3, -0.25) is 9.69 Å². The second-order valence-corrected chi connectivity index (χ2v) is 10.4. The van der Waals surface area contributed by atoms with E-state index in [0.717, 1.165) is 23.4 Å². The van der Waals surface area contributed by atoms with Gasteiger partial charge >= 0.3 is 0 Å². The van der Waals surface area contributed by atoms with Crippen LogP contribution in [0, 0.1) is 6.92 Å². The van der Waals surface area contributed by atoms with Crippen LogP contribution in [-0.2, 0) is 11.3 Å². The number of nitrogens with zero attached hydrogens (tertiary/aromatic N) is 4. The van der Waals surface area contributed by atoms with Gasteiger partial charge in [-0.25, -0.2) is 4.98 Å². The lowest BCUT2D eigenvalue weighted by atomic mass is 10.1. The molecule has 0 bridgehead atoms. The molecule has 0 unspecified atom stereocenters. The number of nitrogens with two attached hydrogens (primary N) is 1. The van der Waals surface area contributed by atoms with Gasteiger partial charge in [-0.1, -0.05) is 40.8 Å². The average molecular weight is 530 g/mol. The molecular weight excluding hydrogens is 498 g/mol. The molecule has 9 nitrogen and oxygen atoms in total. The predicted octanol–water partition coefficient (Wildman–Crippen LogP) is 5.99. The van der Waals surface area contributed by atoms with Gasteiger partial charge in [0.15, 0.2) is 5.13 Å². The molecule has 0 atom stereocenters. The maximum Gasteiger partial charge on any atom is 0.272 e. The van der Waals surface area contributed by atoms with E-state index in [1.165, 1.54) is 42.8 Å². The van der Waals surface area contributed by atoms with E-state index in [1.54, 1.807) is 13.0 Å². The van der Waals surface area contributed by atoms with Crippen molar-refractivity contribution in [2.75, 3.05) is 29.5 Å². The number of benzene rings is 2. The number of aryl methyl sites for hydroxylation is 1. The van der Waals surface area contributed by atoms with Crippen LogP contribution in [0.25, 0.3) is 22.2 Å². The van der Waals surface area contributed by atoms with Crippen molar-refractivity contribution in [3.05, 3.63) is 65.2 Å². The highest BCUT2D eigenvalue weighted by atomic mass is 32.1. The Hall–Kier alpha value is -4.02. The molecule has 1 saturated heterocycles. The van der Waals surface area contributed by atoms with Crippen molar-refractivity contribution >= 4 is 39.6 Å². The maximum atomic E-state index is 12.3. The molecule has 2 aromatic carbocycles. The Morgan fingerprint density at radius 2 is 1.87 bits per heavy atom. The van der Waals surface area contributed by atoms with Gasteiger partial charge in [-0.2, -0.15) is 4.98 Å². The van der Waals surface area contributed by atoms with E-state index >= 15 is 0 Å². The highest BCUT2D eigenvalue weighted by Gasteiger charge is 2.20. The van der Waals surface area contributed by atoms with Crippen LogP contribution in [0.2, 0.25) is 0 Å². The molecule has 1 aliphatic rings. The number of amides is 1. The molecule has 1 amide bonds. The third kappa shape index (κ3) is 5.76. The first kappa shape index (κ1) is 25.6. The van der Waals surface area contributed by atoms with E-state index in [-0.39, 0.29) is 5.91 Å². The van der Waals surface area contributed by atoms with Gasteiger partial charge in [0, 0.05) is 29.1 Å². The molecule has 1 fully saturated rings. The third-order valence-electron chi connectivity index (χ3n) is 6.61. The number of likely N-dealkylation sites (tertiary alicyclic amines) is 1. The van der Waals surface area contributed by atoms with E-state index in [2.05, 4.69) is 54.9 Å². The van der Waals surface area contributed by atoms with Crippen molar-refractivity contribution in [3.8, 4) is 22.2 Å². The Labute approximate surface area is 225 Å². The lowest BCUT2D eigenvalue weighted by molar-refractivity contribution is -0.112. The van der Waals surface area contributed by atoms with Crippen molar-refractivity contribution in [1.82, 2.24) is 20.0 Å². The van der Waals surface area contributed by atoms with E-state index in [4.69, 9.17) is 10.3 Å². The summed E-state index contributed by atoms with van der Waals surface area (Å²) in [7, 11) is 0. The van der Waals surface area contributed by atoms with Crippen molar-refractivity contribution in [2.45, 2.75) is 40.2 Å². The fraction of sp³-hybridized carbons (Fsp3) is 0.286. The van der Waals surface area contributed by atoms with Crippen LogP contribution >= 0.6 is 11.3 Å². The third-order valence-corrected chi connectivity index (χ3v) is 7.59. The first-order valence-corrected chi connectivity index (χ1v) is 13.4. The molecule has 0 radical (unpaired) electrons. The van der Waals surface area contributed by atoms with Crippen LogP contribution < -0.4 is 16.4 Å². The molecule has 38 heavy (non-hydrogen) atoms. The summed E-state index contributed by atoms with van der Waals surface area (Å²) in [5.41, 5.74) is 11.4. The fourth-order valence-corrected chi connectivity index (χ4v) is 5.11. The Kier molecular flexibility index (Phi) is 7.52. The van der Waals surface area contributed by atoms with Crippen molar-refractivity contribution in [1.29, 1.82) is 0 Å². The number of carbonyl (C=O) groups excluding carboxylic acids is 1. The quantitative estimate of drug-likeness (QED) is 0.238. The van der Waals surface area contributed by atoms with Crippen LogP contribution in [0.4, 0.5) is 22.3 Å². The number of nitrogen functional groups attached to an aromatic ring is 1. The molecule has 5 rings (SSSR count). The Morgan fingerprint density at radius 1 is 1.13 bits per heavy atom. The molecule has 10 heteroatoms. The normalized spacial score (nSPS) is 14.1. The summed E-state index contributed by atoms with van der Waals surface area (Å²) < 4.78 is 5.56. The number of rotatable bonds is 8. The molecule has 0 spiro atoms. The van der Waals surface area contributed by atoms with Crippen LogP contribution in [-0.4, -0.2) is 39.0 Å². The summed E-state index contributed by atoms with van der Waals surface area (Å²) in [6.07, 6.45) is 4.34. The van der Waals surface area contributed by atoms with Gasteiger partial charge in [0.2, 0.25) is 5.82 Å². The number of hydrogen-bond donors (Lipinski definition) is 3. The Bertz CT molecular complexity index is 1470. The van der Waals surface area contributed by atoms with Crippen molar-refractivity contribution < 1.29 is 9.32 Å². The smallest absolute Gasteiger partial charge is 0.272 e. The Balaban J connectivity index is 1.30. The van der Waals surface area contributed by atoms with Gasteiger partial charge in [-0.05, 0) is 82.1 Å². The number of aromatic nitrogens is 3. The number of hydrogen-bond acceptors (Lipinski definition) is 9. The van der Waals surface area contributed by atoms with Crippen molar-refractivity contribution in [3.63, 3.8) is 0 Å². The SMILES string of the molecule is C/C=C(/C)C(=O)Nc1ccc(C)c(-c2noc(-c3sc(Nc4ccc(CN5CCCC5)cc4)nc3N)n2)c1. The van der Waals surface area contributed by atoms with E-state index in [9.17, 15) is 4.79 Å². The highest BCUT2D eigenvalue weighted by Crippen LogP contribution is 2.36. The number of carbonyl (C=O) groups is 1. The molecule has 4 N–H and O–H groups in total. The van der Waals surface area contributed by atoms with Crippen molar-refractivity contribution in [2.24, 2.45) is 0 Å². The van der Waals surface area contributed by atoms with Crippen LogP contribution in [0.5, 0.6) is 0 Å². The summed E-state index contributed by atoms with van der Waals surface area (Å²) in [6, 6.07) is 14.0. The second kappa shape index (κ2) is 11.2. The summed E-state index contributed by atoms with van der Waals surface area (Å²) in [5.74, 6) is 0.864. The molecule has 2 aromatic heterocycles. The fourth-order valence-electron chi connectivity index (χ4n) is 4.28. The molecule has 0 aliphatic carbocycles.